The van der Waals surface area contributed by atoms with E-state index in [-0.39, 0.29) is 24.6 Å². The molecule has 1 amide bonds. The van der Waals surface area contributed by atoms with E-state index >= 15 is 0 Å². The first-order valence-corrected chi connectivity index (χ1v) is 10.3. The van der Waals surface area contributed by atoms with Gasteiger partial charge in [0.25, 0.3) is 0 Å². The van der Waals surface area contributed by atoms with Gasteiger partial charge in [0.1, 0.15) is 12.1 Å². The Morgan fingerprint density at radius 3 is 2.33 bits per heavy atom. The number of ether oxygens (including phenoxy) is 2. The molecule has 0 aromatic heterocycles. The number of carbonyl (C=O) groups is 2. The molecule has 0 saturated heterocycles. The van der Waals surface area contributed by atoms with Crippen molar-refractivity contribution >= 4 is 23.9 Å². The Balaban J connectivity index is 2.95. The molecule has 0 radical (unpaired) electrons. The Labute approximate surface area is 179 Å². The van der Waals surface area contributed by atoms with Crippen LogP contribution in [0.2, 0.25) is 0 Å². The van der Waals surface area contributed by atoms with Crippen molar-refractivity contribution in [2.75, 3.05) is 20.2 Å². The number of amides is 1. The fourth-order valence-corrected chi connectivity index (χ4v) is 2.88. The van der Waals surface area contributed by atoms with Crippen molar-refractivity contribution in [3.05, 3.63) is 41.6 Å². The average Bonchev–Trinajstić information content (AvgIpc) is 2.68. The molecule has 0 aliphatic heterocycles. The summed E-state index contributed by atoms with van der Waals surface area (Å²) in [7, 11) is 1.75. The summed E-state index contributed by atoms with van der Waals surface area (Å²) in [5.74, 6) is -0.346. The van der Waals surface area contributed by atoms with Crippen LogP contribution in [0.25, 0.3) is 5.57 Å². The smallest absolute Gasteiger partial charge is 0.410 e. The van der Waals surface area contributed by atoms with Crippen LogP contribution in [-0.2, 0) is 14.3 Å². The molecule has 1 rings (SSSR count). The van der Waals surface area contributed by atoms with E-state index in [0.717, 1.165) is 24.0 Å². The van der Waals surface area contributed by atoms with Gasteiger partial charge in [-0.1, -0.05) is 37.6 Å². The lowest BCUT2D eigenvalue weighted by molar-refractivity contribution is -0.141. The summed E-state index contributed by atoms with van der Waals surface area (Å²) in [5.41, 5.74) is 1.92. The van der Waals surface area contributed by atoms with Gasteiger partial charge in [0.15, 0.2) is 0 Å². The molecule has 0 saturated carbocycles. The minimum absolute atomic E-state index is 0.0442. The van der Waals surface area contributed by atoms with Crippen LogP contribution in [0.15, 0.2) is 30.5 Å². The van der Waals surface area contributed by atoms with Gasteiger partial charge in [-0.2, -0.15) is 0 Å². The molecule has 0 bridgehead atoms. The van der Waals surface area contributed by atoms with Crippen molar-refractivity contribution in [2.45, 2.75) is 59.1 Å². The molecule has 1 aromatic carbocycles. The van der Waals surface area contributed by atoms with E-state index in [9.17, 15) is 9.59 Å². The SMILES string of the molecule is CCCC(c1ccc(/C(C=N)=C/NCC(=O)OCC)cc1)N(C)C(=O)OC(C)(C)C. The third-order valence-corrected chi connectivity index (χ3v) is 4.30. The molecule has 0 fully saturated rings. The second-order valence-electron chi connectivity index (χ2n) is 7.95. The van der Waals surface area contributed by atoms with Crippen LogP contribution in [-0.4, -0.2) is 49.0 Å². The Morgan fingerprint density at radius 1 is 1.20 bits per heavy atom. The summed E-state index contributed by atoms with van der Waals surface area (Å²) in [5, 5.41) is 10.5. The summed E-state index contributed by atoms with van der Waals surface area (Å²) in [4.78, 5) is 25.6. The van der Waals surface area contributed by atoms with Gasteiger partial charge in [-0.25, -0.2) is 4.79 Å². The molecule has 1 aromatic rings. The van der Waals surface area contributed by atoms with Crippen molar-refractivity contribution in [3.8, 4) is 0 Å². The number of allylic oxidation sites excluding steroid dienone is 1. The van der Waals surface area contributed by atoms with Gasteiger partial charge in [0.2, 0.25) is 0 Å². The molecule has 2 N–H and O–H groups in total. The molecule has 0 aliphatic carbocycles. The molecule has 0 heterocycles. The molecular formula is C23H35N3O4. The predicted octanol–water partition coefficient (Wildman–Crippen LogP) is 4.54. The van der Waals surface area contributed by atoms with Gasteiger partial charge < -0.3 is 25.1 Å². The number of carbonyl (C=O) groups excluding carboxylic acids is 2. The lowest BCUT2D eigenvalue weighted by Crippen LogP contribution is -2.36. The van der Waals surface area contributed by atoms with Crippen LogP contribution >= 0.6 is 0 Å². The minimum atomic E-state index is -0.549. The number of hydrogen-bond acceptors (Lipinski definition) is 6. The minimum Gasteiger partial charge on any atom is -0.465 e. The summed E-state index contributed by atoms with van der Waals surface area (Å²) in [6.45, 7) is 9.76. The zero-order chi connectivity index (χ0) is 22.7. The standard InChI is InChI=1S/C23H35N3O4/c1-7-9-20(26(6)22(28)30-23(3,4)5)18-12-10-17(11-13-18)19(14-24)15-25-16-21(27)29-8-2/h10-15,20,24-25H,7-9,16H2,1-6H3/b19-15+,24-14?. The lowest BCUT2D eigenvalue weighted by Gasteiger charge is -2.31. The third kappa shape index (κ3) is 8.27. The molecular weight excluding hydrogens is 382 g/mol. The highest BCUT2D eigenvalue weighted by Crippen LogP contribution is 2.27. The molecule has 7 nitrogen and oxygen atoms in total. The van der Waals surface area contributed by atoms with Gasteiger partial charge in [0, 0.05) is 25.0 Å². The monoisotopic (exact) mass is 417 g/mol. The van der Waals surface area contributed by atoms with Crippen LogP contribution in [0.1, 0.15) is 64.6 Å². The number of nitrogens with zero attached hydrogens (tertiary/aromatic N) is 1. The number of nitrogens with one attached hydrogen (secondary N) is 2. The van der Waals surface area contributed by atoms with Crippen LogP contribution < -0.4 is 5.32 Å². The lowest BCUT2D eigenvalue weighted by atomic mass is 9.98. The van der Waals surface area contributed by atoms with E-state index in [1.54, 1.807) is 25.1 Å². The molecule has 1 atom stereocenters. The Hall–Kier alpha value is -2.83. The van der Waals surface area contributed by atoms with Crippen LogP contribution in [0, 0.1) is 5.41 Å². The van der Waals surface area contributed by atoms with E-state index in [2.05, 4.69) is 12.2 Å². The molecule has 1 unspecified atom stereocenters. The van der Waals surface area contributed by atoms with Crippen LogP contribution in [0.4, 0.5) is 4.79 Å². The first-order chi connectivity index (χ1) is 14.1. The maximum Gasteiger partial charge on any atom is 0.410 e. The highest BCUT2D eigenvalue weighted by molar-refractivity contribution is 6.08. The number of hydrogen-bond donors (Lipinski definition) is 2. The third-order valence-electron chi connectivity index (χ3n) is 4.30. The Kier molecular flexibility index (Phi) is 10.1. The van der Waals surface area contributed by atoms with E-state index < -0.39 is 5.60 Å². The van der Waals surface area contributed by atoms with Crippen molar-refractivity contribution in [1.29, 1.82) is 5.41 Å². The largest absolute Gasteiger partial charge is 0.465 e. The van der Waals surface area contributed by atoms with Crippen molar-refractivity contribution in [1.82, 2.24) is 10.2 Å². The summed E-state index contributed by atoms with van der Waals surface area (Å²) in [6.07, 6.45) is 4.22. The maximum absolute atomic E-state index is 12.5. The second-order valence-corrected chi connectivity index (χ2v) is 7.95. The van der Waals surface area contributed by atoms with E-state index in [0.29, 0.717) is 12.2 Å². The number of esters is 1. The topological polar surface area (TPSA) is 91.7 Å². The molecule has 0 aliphatic rings. The first kappa shape index (κ1) is 25.2. The van der Waals surface area contributed by atoms with E-state index in [1.807, 2.05) is 45.0 Å². The molecule has 7 heteroatoms. The molecule has 30 heavy (non-hydrogen) atoms. The highest BCUT2D eigenvalue weighted by Gasteiger charge is 2.26. The fourth-order valence-electron chi connectivity index (χ4n) is 2.88. The molecule has 166 valence electrons. The van der Waals surface area contributed by atoms with Crippen molar-refractivity contribution < 1.29 is 19.1 Å². The van der Waals surface area contributed by atoms with E-state index in [4.69, 9.17) is 14.9 Å². The summed E-state index contributed by atoms with van der Waals surface area (Å²) < 4.78 is 10.4. The highest BCUT2D eigenvalue weighted by atomic mass is 16.6. The van der Waals surface area contributed by atoms with Gasteiger partial charge in [0.05, 0.1) is 12.6 Å². The zero-order valence-electron chi connectivity index (χ0n) is 19.0. The zero-order valence-corrected chi connectivity index (χ0v) is 19.0. The van der Waals surface area contributed by atoms with E-state index in [1.165, 1.54) is 6.21 Å². The first-order valence-electron chi connectivity index (χ1n) is 10.3. The normalized spacial score (nSPS) is 12.7. The van der Waals surface area contributed by atoms with Gasteiger partial charge in [-0.15, -0.1) is 0 Å². The Morgan fingerprint density at radius 2 is 1.83 bits per heavy atom. The van der Waals surface area contributed by atoms with Gasteiger partial charge in [-0.05, 0) is 45.2 Å². The summed E-state index contributed by atoms with van der Waals surface area (Å²) >= 11 is 0. The Bertz CT molecular complexity index is 736. The van der Waals surface area contributed by atoms with Crippen molar-refractivity contribution in [2.24, 2.45) is 0 Å². The van der Waals surface area contributed by atoms with Crippen LogP contribution in [0.5, 0.6) is 0 Å². The number of benzene rings is 1. The second kappa shape index (κ2) is 12.0. The average molecular weight is 418 g/mol. The number of rotatable bonds is 10. The summed E-state index contributed by atoms with van der Waals surface area (Å²) in [6, 6.07) is 7.62. The van der Waals surface area contributed by atoms with Gasteiger partial charge in [-0.3, -0.25) is 4.79 Å². The fraction of sp³-hybridized carbons (Fsp3) is 0.522. The van der Waals surface area contributed by atoms with Crippen molar-refractivity contribution in [3.63, 3.8) is 0 Å². The predicted molar refractivity (Wildman–Crippen MR) is 119 cm³/mol. The molecule has 0 spiro atoms. The van der Waals surface area contributed by atoms with Gasteiger partial charge >= 0.3 is 12.1 Å². The van der Waals surface area contributed by atoms with Crippen LogP contribution in [0.3, 0.4) is 0 Å². The maximum atomic E-state index is 12.5. The quantitative estimate of drug-likeness (QED) is 0.431.